The Morgan fingerprint density at radius 2 is 0.941 bits per heavy atom. The number of alkyl halides is 16. The first-order valence-electron chi connectivity index (χ1n) is 38.0. The first-order valence-corrected chi connectivity index (χ1v) is 43.6. The van der Waals surface area contributed by atoms with E-state index in [-0.39, 0.29) is 95.8 Å². The highest BCUT2D eigenvalue weighted by Gasteiger charge is 2.73. The third-order valence-corrected chi connectivity index (χ3v) is 31.1. The molecule has 3 heterocycles. The van der Waals surface area contributed by atoms with E-state index < -0.39 is 225 Å². The van der Waals surface area contributed by atoms with E-state index in [9.17, 15) is 171 Å². The number of hydrogen-bond donors (Lipinski definition) is 2. The zero-order chi connectivity index (χ0) is 88.7. The highest BCUT2D eigenvalue weighted by Crippen LogP contribution is 2.68. The second-order valence-corrected chi connectivity index (χ2v) is 40.7. The number of aliphatic hydroxyl groups excluding tert-OH is 1. The number of rotatable bonds is 27. The lowest BCUT2D eigenvalue weighted by molar-refractivity contribution is -0.201. The lowest BCUT2D eigenvalue weighted by Crippen LogP contribution is -2.60. The number of aliphatic hydroxyl groups is 2. The standard InChI is InChI=1S/C28H38F4O8S.C15H20F4O6S.C15H20F4O5S.C12H12F4O9S/c1-15(4-7-23(36)40-11-10-27(29,30)28(31,32)41(37,38)39)18-5-6-19-24-20(14-22(35)26(18,19)3)25(2)9-8-17(33)12-16(25)13-21(24)34;16-14(17,15(18,19)26(22,23)24)1-2-25-11(20)12-4-9-3-10(5-12)7-13(21,6-9)8-12;16-14(17,15(18,19)25(21,22)23)1-2-24-12(20)13-6-9-3-10(7-13)5-11(4-9)8-13;13-11(14,12(15,16)26(20,21)22)1-2-23-9(18)3-4-7-8(25-10(4)19)5(17)6(3)24-7/h15-16,18-20,24H,4-14H2,1-3H3,(H,37,38,39);9-10,21H,1-8H2,(H,22,23,24);9-11H,1-8H2,(H,21,22,23);3-8,17H,1-2H2,(H,20,21,22)/p-4/t15-,16?,18-,19+,20+,24+,25+,26-;;;/m1.../s1. The van der Waals surface area contributed by atoms with Crippen LogP contribution in [0.5, 0.6) is 0 Å². The maximum Gasteiger partial charge on any atom is 0.396 e. The van der Waals surface area contributed by atoms with Crippen molar-refractivity contribution in [3.63, 3.8) is 0 Å². The van der Waals surface area contributed by atoms with Gasteiger partial charge < -0.3 is 56.8 Å². The Labute approximate surface area is 665 Å². The molecule has 0 radical (unpaired) electrons. The molecule has 9 unspecified atom stereocenters. The summed E-state index contributed by atoms with van der Waals surface area (Å²) >= 11 is 0. The summed E-state index contributed by atoms with van der Waals surface area (Å²) in [7, 11) is -26.3. The van der Waals surface area contributed by atoms with Gasteiger partial charge in [0.1, 0.15) is 47.5 Å². The summed E-state index contributed by atoms with van der Waals surface area (Å²) in [5, 5.41) is -2.86. The maximum atomic E-state index is 13.8. The second-order valence-electron chi connectivity index (χ2n) is 35.0. The van der Waals surface area contributed by atoms with Gasteiger partial charge in [0, 0.05) is 43.4 Å². The lowest BCUT2D eigenvalue weighted by Gasteiger charge is -2.58. The number of esters is 5. The van der Waals surface area contributed by atoms with E-state index in [4.69, 9.17) is 18.9 Å². The molecule has 118 heavy (non-hydrogen) atoms. The number of Topliss-reactive ketones (excluding diaryl/α,β-unsaturated/α-hetero) is 3. The molecule has 15 aliphatic rings. The molecule has 28 nitrogen and oxygen atoms in total. The van der Waals surface area contributed by atoms with Crippen LogP contribution in [-0.4, -0.2) is 210 Å². The van der Waals surface area contributed by atoms with E-state index in [1.165, 1.54) is 0 Å². The van der Waals surface area contributed by atoms with Crippen LogP contribution in [0.3, 0.4) is 0 Å². The summed E-state index contributed by atoms with van der Waals surface area (Å²) in [5.74, 6) is -26.8. The Kier molecular flexibility index (Phi) is 25.8. The van der Waals surface area contributed by atoms with Crippen LogP contribution in [-0.2, 0) is 107 Å². The molecule has 16 atom stereocenters. The number of halogens is 16. The molecule has 0 amide bonds. The van der Waals surface area contributed by atoms with Crippen LogP contribution in [0.2, 0.25) is 0 Å². The SMILES string of the molecule is C[C@H](CCC(=O)OCCC(F)(F)C(F)(F)S(=O)(=O)[O-])[C@H]1CC[C@H]2[C@@H]3C(=O)CC4CC(=O)CC[C@]4(C)[C@H]3CC(=O)[C@]12C.O=C(OCCC(F)(F)C(F)(F)S(=O)(=O)[O-])C12CC3CC(CC(C3)C1)C2.O=C(OCCC(F)(F)C(F)(F)S(=O)(=O)[O-])C12CC3CC(CC(O)(C3)C1)C2.O=C(OCCC(F)(F)C(F)(F)S(=O)(=O)[O-])C1C2OC3C(OC(=O)C31)C2O. The number of ether oxygens (including phenoxy) is 6. The Morgan fingerprint density at radius 1 is 0.525 bits per heavy atom. The number of fused-ring (bicyclic) bond motifs is 6. The van der Waals surface area contributed by atoms with Gasteiger partial charge in [0.15, 0.2) is 46.6 Å². The summed E-state index contributed by atoms with van der Waals surface area (Å²) in [6, 6.07) is 0. The minimum Gasteiger partial charge on any atom is -0.743 e. The van der Waals surface area contributed by atoms with Gasteiger partial charge >= 0.3 is 74.6 Å². The van der Waals surface area contributed by atoms with Crippen molar-refractivity contribution in [1.29, 1.82) is 0 Å². The van der Waals surface area contributed by atoms with E-state index in [0.29, 0.717) is 101 Å². The second kappa shape index (κ2) is 32.1. The Morgan fingerprint density at radius 3 is 1.38 bits per heavy atom. The summed E-state index contributed by atoms with van der Waals surface area (Å²) in [4.78, 5) is 100. The predicted molar refractivity (Wildman–Crippen MR) is 354 cm³/mol. The van der Waals surface area contributed by atoms with E-state index >= 15 is 0 Å². The van der Waals surface area contributed by atoms with Gasteiger partial charge in [-0.05, 0) is 167 Å². The summed E-state index contributed by atoms with van der Waals surface area (Å²) in [5.41, 5.74) is -3.74. The van der Waals surface area contributed by atoms with Gasteiger partial charge in [0.2, 0.25) is 0 Å². The van der Waals surface area contributed by atoms with Crippen LogP contribution in [0.25, 0.3) is 0 Å². The normalized spacial score (nSPS) is 36.3. The fourth-order valence-corrected chi connectivity index (χ4v) is 24.2. The van der Waals surface area contributed by atoms with Crippen molar-refractivity contribution < 1.29 is 199 Å². The molecule has 15 fully saturated rings. The van der Waals surface area contributed by atoms with Gasteiger partial charge in [0.05, 0.1) is 68.5 Å². The van der Waals surface area contributed by atoms with Crippen molar-refractivity contribution in [3.05, 3.63) is 0 Å². The summed E-state index contributed by atoms with van der Waals surface area (Å²) in [6.45, 7) is 1.13. The molecule has 12 saturated carbocycles. The Balaban J connectivity index is 0.000000170. The van der Waals surface area contributed by atoms with Crippen LogP contribution in [0.15, 0.2) is 0 Å². The molecule has 674 valence electrons. The van der Waals surface area contributed by atoms with Crippen LogP contribution in [0.1, 0.15) is 181 Å². The quantitative estimate of drug-likeness (QED) is 0.0336. The molecular weight excluding hydrogens is 1720 g/mol. The van der Waals surface area contributed by atoms with Gasteiger partial charge in [-0.15, -0.1) is 0 Å². The molecule has 48 heteroatoms. The third-order valence-electron chi connectivity index (χ3n) is 27.4. The number of carbonyl (C=O) groups excluding carboxylic acids is 8. The topological polar surface area (TPSA) is 461 Å². The van der Waals surface area contributed by atoms with Crippen molar-refractivity contribution in [2.45, 2.75) is 256 Å². The van der Waals surface area contributed by atoms with Crippen molar-refractivity contribution >= 4 is 87.7 Å². The van der Waals surface area contributed by atoms with Gasteiger partial charge in [0.25, 0.3) is 0 Å². The molecule has 0 spiro atoms. The van der Waals surface area contributed by atoms with Crippen molar-refractivity contribution in [1.82, 2.24) is 0 Å². The highest BCUT2D eigenvalue weighted by atomic mass is 32.2. The molecule has 15 rings (SSSR count). The Bertz CT molecular complexity index is 4350. The molecular formula is C70H86F16O28S4-4. The van der Waals surface area contributed by atoms with E-state index in [0.717, 1.165) is 25.7 Å². The fraction of sp³-hybridized carbons (Fsp3) is 0.886. The first-order chi connectivity index (χ1) is 53.6. The summed E-state index contributed by atoms with van der Waals surface area (Å²) in [6.07, 6.45) is -0.0905. The van der Waals surface area contributed by atoms with E-state index in [1.807, 2.05) is 13.8 Å². The average molecular weight is 1810 g/mol. The maximum absolute atomic E-state index is 13.8. The molecule has 3 aliphatic heterocycles. The van der Waals surface area contributed by atoms with Crippen LogP contribution >= 0.6 is 0 Å². The van der Waals surface area contributed by atoms with Crippen molar-refractivity contribution in [3.8, 4) is 0 Å². The number of ketones is 3. The zero-order valence-electron chi connectivity index (χ0n) is 63.0. The molecule has 0 aromatic heterocycles. The fourth-order valence-electron chi connectivity index (χ4n) is 22.3. The predicted octanol–water partition coefficient (Wildman–Crippen LogP) is 8.62. The molecule has 0 aromatic carbocycles. The third kappa shape index (κ3) is 17.3. The summed E-state index contributed by atoms with van der Waals surface area (Å²) < 4.78 is 365. The molecule has 12 aliphatic carbocycles. The molecule has 3 saturated heterocycles. The minimum atomic E-state index is -6.64. The number of hydrogen-bond acceptors (Lipinski definition) is 28. The number of carbonyl (C=O) groups is 8. The van der Waals surface area contributed by atoms with Gasteiger partial charge in [-0.25, -0.2) is 33.7 Å². The lowest BCUT2D eigenvalue weighted by atomic mass is 9.44. The van der Waals surface area contributed by atoms with Gasteiger partial charge in [-0.3, -0.25) is 38.4 Å². The Hall–Kier alpha value is -5.24. The monoisotopic (exact) mass is 1810 g/mol. The smallest absolute Gasteiger partial charge is 0.396 e. The highest BCUT2D eigenvalue weighted by molar-refractivity contribution is 7.87. The van der Waals surface area contributed by atoms with Gasteiger partial charge in [-0.1, -0.05) is 20.8 Å². The van der Waals surface area contributed by atoms with Crippen LogP contribution in [0, 0.1) is 98.6 Å². The molecule has 10 bridgehead atoms. The zero-order valence-corrected chi connectivity index (χ0v) is 66.3. The van der Waals surface area contributed by atoms with Crippen molar-refractivity contribution in [2.24, 2.45) is 98.6 Å². The van der Waals surface area contributed by atoms with Crippen LogP contribution < -0.4 is 0 Å². The van der Waals surface area contributed by atoms with E-state index in [1.54, 1.807) is 0 Å². The molecule has 0 aromatic rings. The van der Waals surface area contributed by atoms with Crippen LogP contribution in [0.4, 0.5) is 70.2 Å². The molecule has 2 N–H and O–H groups in total. The van der Waals surface area contributed by atoms with Crippen molar-refractivity contribution in [2.75, 3.05) is 26.4 Å². The largest absolute Gasteiger partial charge is 0.743 e. The average Bonchev–Trinajstić information content (AvgIpc) is 1.01. The first kappa shape index (κ1) is 95.0. The van der Waals surface area contributed by atoms with E-state index in [2.05, 4.69) is 16.4 Å². The minimum absolute atomic E-state index is 0.0346. The van der Waals surface area contributed by atoms with Gasteiger partial charge in [-0.2, -0.15) is 70.2 Å².